The molecule has 4 aliphatic rings. The maximum Gasteiger partial charge on any atom is 0.0998 e. The van der Waals surface area contributed by atoms with Crippen LogP contribution in [0.2, 0.25) is 0 Å². The zero-order valence-corrected chi connectivity index (χ0v) is 29.2. The van der Waals surface area contributed by atoms with Gasteiger partial charge < -0.3 is 10.2 Å². The second-order valence-corrected chi connectivity index (χ2v) is 13.9. The fraction of sp³-hybridized carbons (Fsp3) is 0.170. The molecule has 4 aromatic carbocycles. The van der Waals surface area contributed by atoms with Gasteiger partial charge in [0.25, 0.3) is 0 Å². The van der Waals surface area contributed by atoms with Gasteiger partial charge in [-0.25, -0.2) is 0 Å². The minimum atomic E-state index is -0.256. The number of hydrogen-bond donors (Lipinski definition) is 1. The summed E-state index contributed by atoms with van der Waals surface area (Å²) in [5.41, 5.74) is 13.2. The zero-order valence-electron chi connectivity index (χ0n) is 29.2. The summed E-state index contributed by atoms with van der Waals surface area (Å²) in [6.07, 6.45) is 17.4. The molecule has 5 atom stereocenters. The predicted octanol–water partition coefficient (Wildman–Crippen LogP) is 11.1. The van der Waals surface area contributed by atoms with Crippen molar-refractivity contribution in [1.29, 1.82) is 15.8 Å². The van der Waals surface area contributed by atoms with Gasteiger partial charge in [0.2, 0.25) is 0 Å². The van der Waals surface area contributed by atoms with E-state index in [2.05, 4.69) is 127 Å². The molecule has 0 radical (unpaired) electrons. The fourth-order valence-electron chi connectivity index (χ4n) is 8.28. The molecule has 0 aromatic heterocycles. The van der Waals surface area contributed by atoms with Crippen LogP contribution < -0.4 is 10.2 Å². The van der Waals surface area contributed by atoms with Crippen molar-refractivity contribution in [3.8, 4) is 40.5 Å². The van der Waals surface area contributed by atoms with Gasteiger partial charge in [-0.1, -0.05) is 116 Å². The molecule has 52 heavy (non-hydrogen) atoms. The van der Waals surface area contributed by atoms with Crippen LogP contribution in [0.3, 0.4) is 0 Å². The summed E-state index contributed by atoms with van der Waals surface area (Å²) in [5.74, 6) is -0.124. The lowest BCUT2D eigenvalue weighted by Gasteiger charge is -2.30. The molecule has 0 saturated heterocycles. The van der Waals surface area contributed by atoms with E-state index in [4.69, 9.17) is 0 Å². The Morgan fingerprint density at radius 1 is 0.750 bits per heavy atom. The van der Waals surface area contributed by atoms with Crippen LogP contribution in [0.1, 0.15) is 37.3 Å². The molecule has 0 bridgehead atoms. The van der Waals surface area contributed by atoms with Gasteiger partial charge in [0.05, 0.1) is 41.6 Å². The van der Waals surface area contributed by atoms with E-state index in [1.807, 2.05) is 54.6 Å². The third-order valence-electron chi connectivity index (χ3n) is 10.9. The molecule has 0 saturated carbocycles. The fourth-order valence-corrected chi connectivity index (χ4v) is 8.28. The Hall–Kier alpha value is -6.61. The summed E-state index contributed by atoms with van der Waals surface area (Å²) < 4.78 is 0. The second-order valence-electron chi connectivity index (χ2n) is 13.9. The Balaban J connectivity index is 1.11. The van der Waals surface area contributed by atoms with Gasteiger partial charge in [-0.15, -0.1) is 0 Å². The second kappa shape index (κ2) is 13.6. The van der Waals surface area contributed by atoms with E-state index in [0.717, 1.165) is 56.0 Å². The molecule has 8 rings (SSSR count). The molecule has 250 valence electrons. The van der Waals surface area contributed by atoms with Crippen molar-refractivity contribution in [1.82, 2.24) is 0 Å². The number of nitriles is 3. The quantitative estimate of drug-likeness (QED) is 0.220. The molecule has 5 nitrogen and oxygen atoms in total. The van der Waals surface area contributed by atoms with Gasteiger partial charge in [0, 0.05) is 46.6 Å². The molecule has 4 aromatic rings. The number of fused-ring (bicyclic) bond motifs is 3. The number of nitrogens with one attached hydrogen (secondary N) is 1. The molecule has 0 fully saturated rings. The summed E-state index contributed by atoms with van der Waals surface area (Å²) in [6, 6.07) is 38.9. The summed E-state index contributed by atoms with van der Waals surface area (Å²) in [7, 11) is 0. The molecule has 1 N–H and O–H groups in total. The molecule has 5 unspecified atom stereocenters. The van der Waals surface area contributed by atoms with Crippen LogP contribution in [0.5, 0.6) is 0 Å². The molecular weight excluding hydrogens is 635 g/mol. The van der Waals surface area contributed by atoms with Gasteiger partial charge in [0.1, 0.15) is 0 Å². The molecular formula is C47H37N5. The highest BCUT2D eigenvalue weighted by Crippen LogP contribution is 2.48. The minimum Gasteiger partial charge on any atom is -0.358 e. The molecule has 0 spiro atoms. The molecule has 5 heteroatoms. The third kappa shape index (κ3) is 5.66. The summed E-state index contributed by atoms with van der Waals surface area (Å²) in [6.45, 7) is 4.19. The van der Waals surface area contributed by atoms with Crippen molar-refractivity contribution in [2.24, 2.45) is 17.8 Å². The number of rotatable bonds is 6. The highest BCUT2D eigenvalue weighted by molar-refractivity contribution is 5.84. The Bertz CT molecular complexity index is 2400. The molecule has 1 aliphatic heterocycles. The molecule has 0 amide bonds. The highest BCUT2D eigenvalue weighted by Gasteiger charge is 2.37. The Morgan fingerprint density at radius 3 is 2.33 bits per heavy atom. The zero-order chi connectivity index (χ0) is 35.8. The number of hydrogen-bond acceptors (Lipinski definition) is 5. The number of nitrogens with zero attached hydrogens (tertiary/aromatic N) is 4. The van der Waals surface area contributed by atoms with Gasteiger partial charge in [-0.05, 0) is 76.2 Å². The smallest absolute Gasteiger partial charge is 0.0998 e. The van der Waals surface area contributed by atoms with Crippen molar-refractivity contribution in [3.05, 3.63) is 173 Å². The number of anilines is 3. The topological polar surface area (TPSA) is 86.6 Å². The number of benzene rings is 4. The van der Waals surface area contributed by atoms with Crippen molar-refractivity contribution in [3.63, 3.8) is 0 Å². The lowest BCUT2D eigenvalue weighted by Crippen LogP contribution is -2.28. The average Bonchev–Trinajstić information content (AvgIpc) is 3.53. The number of para-hydroxylation sites is 2. The first-order valence-corrected chi connectivity index (χ1v) is 17.8. The molecule has 1 heterocycles. The van der Waals surface area contributed by atoms with E-state index in [1.54, 1.807) is 0 Å². The molecule has 3 aliphatic carbocycles. The summed E-state index contributed by atoms with van der Waals surface area (Å²) in [4.78, 5) is 2.41. The van der Waals surface area contributed by atoms with Gasteiger partial charge in [-0.2, -0.15) is 15.8 Å². The van der Waals surface area contributed by atoms with Crippen molar-refractivity contribution in [2.75, 3.05) is 10.2 Å². The third-order valence-corrected chi connectivity index (χ3v) is 10.9. The Labute approximate surface area is 305 Å². The van der Waals surface area contributed by atoms with Crippen LogP contribution in [0, 0.1) is 51.7 Å². The first-order valence-electron chi connectivity index (χ1n) is 17.8. The SMILES string of the molecule is CC1=C(C2=C(Nc3ccccc3-c3ccc(-c4ccc(N5c6ccccc6C6C=CC=CC65)cc4)c(C#N)c3)CC(C#N)C=C2)C(C)C(C#N)C=C1. The van der Waals surface area contributed by atoms with E-state index >= 15 is 0 Å². The van der Waals surface area contributed by atoms with E-state index in [1.165, 1.54) is 11.3 Å². The van der Waals surface area contributed by atoms with Crippen LogP contribution in [-0.4, -0.2) is 6.04 Å². The van der Waals surface area contributed by atoms with E-state index in [0.29, 0.717) is 17.9 Å². The maximum absolute atomic E-state index is 10.4. The first kappa shape index (κ1) is 32.6. The van der Waals surface area contributed by atoms with E-state index < -0.39 is 0 Å². The lowest BCUT2D eigenvalue weighted by atomic mass is 9.75. The summed E-state index contributed by atoms with van der Waals surface area (Å²) in [5, 5.41) is 33.8. The Morgan fingerprint density at radius 2 is 1.52 bits per heavy atom. The normalized spacial score (nSPS) is 22.8. The predicted molar refractivity (Wildman–Crippen MR) is 209 cm³/mol. The van der Waals surface area contributed by atoms with Crippen LogP contribution in [-0.2, 0) is 0 Å². The van der Waals surface area contributed by atoms with Gasteiger partial charge >= 0.3 is 0 Å². The maximum atomic E-state index is 10.4. The van der Waals surface area contributed by atoms with Crippen molar-refractivity contribution >= 4 is 17.1 Å². The van der Waals surface area contributed by atoms with Gasteiger partial charge in [0.15, 0.2) is 0 Å². The average molecular weight is 672 g/mol. The largest absolute Gasteiger partial charge is 0.358 e. The minimum absolute atomic E-state index is 0.0180. The van der Waals surface area contributed by atoms with Crippen molar-refractivity contribution in [2.45, 2.75) is 32.2 Å². The van der Waals surface area contributed by atoms with Crippen LogP contribution in [0.25, 0.3) is 22.3 Å². The standard InChI is InChI=1S/C47H37N5/c1-30-15-17-35(28-49)31(2)47(30)42-23-16-32(27-48)25-44(42)51-43-12-6-3-9-39(43)34-20-24-38(36(26-34)29-50)33-18-21-37(22-19-33)52-45-13-7-4-10-40(45)41-11-5-8-14-46(41)52/h3-24,26,31-32,35,40,45,51H,25H2,1-2H3. The Kier molecular flexibility index (Phi) is 8.52. The van der Waals surface area contributed by atoms with E-state index in [-0.39, 0.29) is 23.8 Å². The first-order chi connectivity index (χ1) is 25.5. The van der Waals surface area contributed by atoms with E-state index in [9.17, 15) is 15.8 Å². The van der Waals surface area contributed by atoms with Crippen LogP contribution in [0.4, 0.5) is 17.1 Å². The number of allylic oxidation sites excluding steroid dienone is 10. The highest BCUT2D eigenvalue weighted by atomic mass is 15.2. The van der Waals surface area contributed by atoms with Gasteiger partial charge in [-0.3, -0.25) is 0 Å². The monoisotopic (exact) mass is 671 g/mol. The van der Waals surface area contributed by atoms with Crippen LogP contribution >= 0.6 is 0 Å². The lowest BCUT2D eigenvalue weighted by molar-refractivity contribution is 0.579. The van der Waals surface area contributed by atoms with Crippen molar-refractivity contribution < 1.29 is 0 Å². The van der Waals surface area contributed by atoms with Crippen LogP contribution in [0.15, 0.2) is 162 Å². The summed E-state index contributed by atoms with van der Waals surface area (Å²) >= 11 is 0.